The molecule has 0 unspecified atom stereocenters. The third kappa shape index (κ3) is 4.37. The smallest absolute Gasteiger partial charge is 0.251 e. The van der Waals surface area contributed by atoms with Crippen LogP contribution < -0.4 is 16.0 Å². The first kappa shape index (κ1) is 20.6. The van der Waals surface area contributed by atoms with Crippen molar-refractivity contribution < 1.29 is 9.90 Å². The number of H-pyrrole nitrogens is 1. The molecular weight excluding hydrogens is 420 g/mol. The van der Waals surface area contributed by atoms with Crippen molar-refractivity contribution in [2.45, 2.75) is 12.5 Å². The molecule has 0 saturated carbocycles. The highest BCUT2D eigenvalue weighted by atomic mass is 16.3. The van der Waals surface area contributed by atoms with Gasteiger partial charge in [0.2, 0.25) is 5.95 Å². The predicted octanol–water partition coefficient (Wildman–Crippen LogP) is 2.44. The number of aromatic amines is 1. The summed E-state index contributed by atoms with van der Waals surface area (Å²) in [5.41, 5.74) is 4.69. The molecule has 1 aliphatic rings. The quantitative estimate of drug-likeness (QED) is 0.294. The number of carbonyl (C=O) groups is 1. The van der Waals surface area contributed by atoms with Crippen molar-refractivity contribution in [2.24, 2.45) is 0 Å². The molecule has 0 fully saturated rings. The zero-order chi connectivity index (χ0) is 22.6. The molecule has 4 aromatic rings. The van der Waals surface area contributed by atoms with Gasteiger partial charge >= 0.3 is 0 Å². The predicted molar refractivity (Wildman–Crippen MR) is 123 cm³/mol. The van der Waals surface area contributed by atoms with E-state index in [4.69, 9.17) is 0 Å². The molecule has 0 spiro atoms. The summed E-state index contributed by atoms with van der Waals surface area (Å²) in [6, 6.07) is 14.8. The first-order chi connectivity index (χ1) is 16.2. The topological polar surface area (TPSA) is 141 Å². The number of anilines is 3. The fraction of sp³-hybridized carbons (Fsp3) is 0.174. The molecule has 2 aromatic heterocycles. The average Bonchev–Trinajstić information content (AvgIpc) is 3.38. The minimum Gasteiger partial charge on any atom is -0.394 e. The summed E-state index contributed by atoms with van der Waals surface area (Å²) in [5.74, 6) is 0.830. The van der Waals surface area contributed by atoms with E-state index in [1.54, 1.807) is 18.5 Å². The van der Waals surface area contributed by atoms with Gasteiger partial charge in [-0.3, -0.25) is 9.89 Å². The lowest BCUT2D eigenvalue weighted by Gasteiger charge is -2.20. The Bertz CT molecular complexity index is 1260. The number of carbonyl (C=O) groups excluding carboxylic acids is 1. The summed E-state index contributed by atoms with van der Waals surface area (Å²) in [4.78, 5) is 21.1. The minimum atomic E-state index is -0.370. The maximum absolute atomic E-state index is 12.0. The van der Waals surface area contributed by atoms with Crippen LogP contribution >= 0.6 is 0 Å². The van der Waals surface area contributed by atoms with Crippen LogP contribution in [0.2, 0.25) is 0 Å². The van der Waals surface area contributed by atoms with Crippen LogP contribution in [-0.4, -0.2) is 49.5 Å². The normalized spacial score (nSPS) is 13.7. The number of aliphatic hydroxyl groups is 1. The Morgan fingerprint density at radius 1 is 1.09 bits per heavy atom. The van der Waals surface area contributed by atoms with E-state index in [1.807, 2.05) is 42.5 Å². The number of nitrogens with zero attached hydrogens (tertiary/aromatic N) is 4. The number of aromatic nitrogens is 5. The van der Waals surface area contributed by atoms with Crippen LogP contribution in [0, 0.1) is 0 Å². The monoisotopic (exact) mass is 442 g/mol. The highest BCUT2D eigenvalue weighted by Crippen LogP contribution is 2.29. The maximum Gasteiger partial charge on any atom is 0.251 e. The average molecular weight is 442 g/mol. The van der Waals surface area contributed by atoms with E-state index in [0.29, 0.717) is 35.1 Å². The fourth-order valence-electron chi connectivity index (χ4n) is 3.80. The summed E-state index contributed by atoms with van der Waals surface area (Å²) in [6.07, 6.45) is 4.02. The largest absolute Gasteiger partial charge is 0.394 e. The zero-order valence-electron chi connectivity index (χ0n) is 17.6. The van der Waals surface area contributed by atoms with Gasteiger partial charge in [-0.1, -0.05) is 35.5 Å². The first-order valence-corrected chi connectivity index (χ1v) is 10.5. The van der Waals surface area contributed by atoms with Crippen LogP contribution in [0.15, 0.2) is 60.9 Å². The highest BCUT2D eigenvalue weighted by Gasteiger charge is 2.19. The number of amides is 1. The van der Waals surface area contributed by atoms with Gasteiger partial charge in [-0.05, 0) is 35.7 Å². The molecule has 10 nitrogen and oxygen atoms in total. The number of benzene rings is 2. The lowest BCUT2D eigenvalue weighted by molar-refractivity contribution is 0.0946. The van der Waals surface area contributed by atoms with Gasteiger partial charge in [0.1, 0.15) is 5.82 Å². The van der Waals surface area contributed by atoms with Gasteiger partial charge in [0, 0.05) is 24.0 Å². The highest BCUT2D eigenvalue weighted by molar-refractivity contribution is 5.97. The molecule has 1 amide bonds. The van der Waals surface area contributed by atoms with Crippen LogP contribution in [0.3, 0.4) is 0 Å². The van der Waals surface area contributed by atoms with Crippen molar-refractivity contribution in [3.63, 3.8) is 0 Å². The van der Waals surface area contributed by atoms with E-state index >= 15 is 0 Å². The van der Waals surface area contributed by atoms with Gasteiger partial charge in [-0.2, -0.15) is 4.98 Å². The van der Waals surface area contributed by atoms with Crippen LogP contribution in [0.4, 0.5) is 17.5 Å². The van der Waals surface area contributed by atoms with Crippen molar-refractivity contribution in [1.29, 1.82) is 0 Å². The second kappa shape index (κ2) is 9.05. The molecule has 0 radical (unpaired) electrons. The van der Waals surface area contributed by atoms with Crippen LogP contribution in [0.5, 0.6) is 0 Å². The number of aliphatic hydroxyl groups excluding tert-OH is 1. The van der Waals surface area contributed by atoms with Crippen LogP contribution in [0.25, 0.3) is 11.3 Å². The molecule has 166 valence electrons. The second-order valence-corrected chi connectivity index (χ2v) is 7.62. The molecule has 0 saturated heterocycles. The van der Waals surface area contributed by atoms with Gasteiger partial charge < -0.3 is 21.1 Å². The van der Waals surface area contributed by atoms with Gasteiger partial charge in [0.25, 0.3) is 5.91 Å². The molecule has 0 bridgehead atoms. The molecule has 5 rings (SSSR count). The lowest BCUT2D eigenvalue weighted by Crippen LogP contribution is -2.31. The van der Waals surface area contributed by atoms with Crippen LogP contribution in [0.1, 0.15) is 27.5 Å². The van der Waals surface area contributed by atoms with E-state index in [2.05, 4.69) is 41.3 Å². The molecule has 1 atom stereocenters. The van der Waals surface area contributed by atoms with E-state index in [9.17, 15) is 9.90 Å². The summed E-state index contributed by atoms with van der Waals surface area (Å²) in [6.45, 7) is 0.499. The molecule has 2 aromatic carbocycles. The standard InChI is InChI=1S/C23H22N8O2/c32-13-20(14-4-2-1-3-5-14)28-21-18(19-12-26-31-30-19)11-25-23(29-21)27-16-6-7-17-15(10-16)8-9-24-22(17)33/h1-7,10-12,20,32H,8-9,13H2,(H,24,33)(H,26,30,31)(H2,25,27,28,29)/t20-/m1/s1. The molecule has 1 aliphatic heterocycles. The van der Waals surface area contributed by atoms with Crippen molar-refractivity contribution in [3.8, 4) is 11.3 Å². The minimum absolute atomic E-state index is 0.0565. The van der Waals surface area contributed by atoms with E-state index in [0.717, 1.165) is 23.2 Å². The maximum atomic E-state index is 12.0. The van der Waals surface area contributed by atoms with Crippen LogP contribution in [-0.2, 0) is 6.42 Å². The first-order valence-electron chi connectivity index (χ1n) is 10.5. The van der Waals surface area contributed by atoms with Gasteiger partial charge in [-0.25, -0.2) is 4.98 Å². The molecule has 33 heavy (non-hydrogen) atoms. The SMILES string of the molecule is O=C1NCCc2cc(Nc3ncc(-c4cnn[nH]4)c(N[C@H](CO)c4ccccc4)n3)ccc21. The molecule has 0 aliphatic carbocycles. The Hall–Kier alpha value is -4.31. The van der Waals surface area contributed by atoms with E-state index in [-0.39, 0.29) is 18.6 Å². The van der Waals surface area contributed by atoms with Gasteiger partial charge in [0.15, 0.2) is 0 Å². The zero-order valence-corrected chi connectivity index (χ0v) is 17.6. The number of hydrogen-bond acceptors (Lipinski definition) is 8. The van der Waals surface area contributed by atoms with E-state index in [1.165, 1.54) is 0 Å². The number of rotatable bonds is 7. The Labute approximate surface area is 189 Å². The van der Waals surface area contributed by atoms with E-state index < -0.39 is 0 Å². The van der Waals surface area contributed by atoms with Crippen molar-refractivity contribution >= 4 is 23.4 Å². The third-order valence-electron chi connectivity index (χ3n) is 5.48. The fourth-order valence-corrected chi connectivity index (χ4v) is 3.80. The lowest BCUT2D eigenvalue weighted by atomic mass is 10.00. The third-order valence-corrected chi connectivity index (χ3v) is 5.48. The van der Waals surface area contributed by atoms with Gasteiger partial charge in [-0.15, -0.1) is 5.10 Å². The van der Waals surface area contributed by atoms with Crippen molar-refractivity contribution in [2.75, 3.05) is 23.8 Å². The number of hydrogen-bond donors (Lipinski definition) is 5. The summed E-state index contributed by atoms with van der Waals surface area (Å²) >= 11 is 0. The second-order valence-electron chi connectivity index (χ2n) is 7.62. The Kier molecular flexibility index (Phi) is 5.64. The molecule has 10 heteroatoms. The number of fused-ring (bicyclic) bond motifs is 1. The Morgan fingerprint density at radius 2 is 1.97 bits per heavy atom. The molecule has 3 heterocycles. The molecular formula is C23H22N8O2. The number of nitrogens with one attached hydrogen (secondary N) is 4. The summed E-state index contributed by atoms with van der Waals surface area (Å²) < 4.78 is 0. The Morgan fingerprint density at radius 3 is 2.76 bits per heavy atom. The summed E-state index contributed by atoms with van der Waals surface area (Å²) in [7, 11) is 0. The van der Waals surface area contributed by atoms with Crippen molar-refractivity contribution in [3.05, 3.63) is 77.6 Å². The Balaban J connectivity index is 1.46. The summed E-state index contributed by atoms with van der Waals surface area (Å²) in [5, 5.41) is 29.8. The van der Waals surface area contributed by atoms with Gasteiger partial charge in [0.05, 0.1) is 30.1 Å². The molecule has 5 N–H and O–H groups in total. The van der Waals surface area contributed by atoms with Crippen molar-refractivity contribution in [1.82, 2.24) is 30.7 Å².